The van der Waals surface area contributed by atoms with Crippen molar-refractivity contribution >= 4 is 21.8 Å². The highest BCUT2D eigenvalue weighted by molar-refractivity contribution is 9.10. The van der Waals surface area contributed by atoms with Crippen molar-refractivity contribution in [3.63, 3.8) is 0 Å². The first-order valence-electron chi connectivity index (χ1n) is 6.30. The molecule has 1 unspecified atom stereocenters. The minimum absolute atomic E-state index is 0.0246. The summed E-state index contributed by atoms with van der Waals surface area (Å²) in [5.74, 6) is -0.0246. The molecule has 1 aromatic rings. The number of rotatable bonds is 7. The van der Waals surface area contributed by atoms with Crippen molar-refractivity contribution < 1.29 is 9.53 Å². The maximum absolute atomic E-state index is 11.7. The molecule has 0 saturated carbocycles. The third-order valence-electron chi connectivity index (χ3n) is 2.76. The normalized spacial score (nSPS) is 13.9. The highest BCUT2D eigenvalue weighted by Gasteiger charge is 2.11. The van der Waals surface area contributed by atoms with E-state index in [-0.39, 0.29) is 24.5 Å². The zero-order valence-electron chi connectivity index (χ0n) is 11.6. The summed E-state index contributed by atoms with van der Waals surface area (Å²) in [7, 11) is 1.62. The fraction of sp³-hybridized carbons (Fsp3) is 0.500. The molecule has 2 atom stereocenters. The van der Waals surface area contributed by atoms with Gasteiger partial charge in [0.1, 0.15) is 0 Å². The van der Waals surface area contributed by atoms with Crippen LogP contribution in [-0.4, -0.2) is 32.2 Å². The van der Waals surface area contributed by atoms with E-state index >= 15 is 0 Å². The molecule has 0 aliphatic carbocycles. The number of carbonyl (C=O) groups is 1. The van der Waals surface area contributed by atoms with Crippen molar-refractivity contribution in [1.29, 1.82) is 0 Å². The van der Waals surface area contributed by atoms with Crippen LogP contribution >= 0.6 is 15.9 Å². The van der Waals surface area contributed by atoms with E-state index in [4.69, 9.17) is 4.74 Å². The molecule has 0 aromatic heterocycles. The zero-order valence-corrected chi connectivity index (χ0v) is 13.2. The van der Waals surface area contributed by atoms with Gasteiger partial charge < -0.3 is 15.4 Å². The Kier molecular flexibility index (Phi) is 7.05. The first-order chi connectivity index (χ1) is 9.04. The van der Waals surface area contributed by atoms with Crippen molar-refractivity contribution in [2.45, 2.75) is 25.9 Å². The number of nitrogens with one attached hydrogen (secondary N) is 2. The van der Waals surface area contributed by atoms with E-state index < -0.39 is 0 Å². The Hall–Kier alpha value is -0.910. The maximum Gasteiger partial charge on any atom is 0.234 e. The summed E-state index contributed by atoms with van der Waals surface area (Å²) >= 11 is 3.51. The Morgan fingerprint density at radius 1 is 1.37 bits per heavy atom. The molecular weight excluding hydrogens is 308 g/mol. The molecule has 0 aliphatic rings. The lowest BCUT2D eigenvalue weighted by atomic mass is 10.1. The molecule has 0 aliphatic heterocycles. The van der Waals surface area contributed by atoms with Gasteiger partial charge in [0.15, 0.2) is 0 Å². The van der Waals surface area contributed by atoms with Crippen LogP contribution in [0.3, 0.4) is 0 Å². The highest BCUT2D eigenvalue weighted by atomic mass is 79.9. The van der Waals surface area contributed by atoms with Gasteiger partial charge in [0.05, 0.1) is 13.2 Å². The largest absolute Gasteiger partial charge is 0.383 e. The second-order valence-electron chi connectivity index (χ2n) is 4.55. The lowest BCUT2D eigenvalue weighted by molar-refractivity contribution is -0.121. The maximum atomic E-state index is 11.7. The summed E-state index contributed by atoms with van der Waals surface area (Å²) < 4.78 is 6.02. The van der Waals surface area contributed by atoms with Crippen molar-refractivity contribution in [3.8, 4) is 0 Å². The van der Waals surface area contributed by atoms with E-state index in [0.717, 1.165) is 10.0 Å². The van der Waals surface area contributed by atoms with Crippen LogP contribution < -0.4 is 10.6 Å². The predicted molar refractivity (Wildman–Crippen MR) is 80.0 cm³/mol. The number of ether oxygens (including phenoxy) is 1. The third kappa shape index (κ3) is 5.72. The van der Waals surface area contributed by atoms with Crippen LogP contribution in [0.5, 0.6) is 0 Å². The average molecular weight is 329 g/mol. The second kappa shape index (κ2) is 8.30. The van der Waals surface area contributed by atoms with Crippen molar-refractivity contribution in [1.82, 2.24) is 10.6 Å². The van der Waals surface area contributed by atoms with Gasteiger partial charge >= 0.3 is 0 Å². The first-order valence-corrected chi connectivity index (χ1v) is 7.10. The molecule has 1 rings (SSSR count). The summed E-state index contributed by atoms with van der Waals surface area (Å²) in [6.45, 7) is 4.76. The van der Waals surface area contributed by atoms with Crippen molar-refractivity contribution in [2.24, 2.45) is 0 Å². The molecule has 0 fully saturated rings. The summed E-state index contributed by atoms with van der Waals surface area (Å²) in [6, 6.07) is 8.12. The van der Waals surface area contributed by atoms with Gasteiger partial charge in [0.2, 0.25) is 5.91 Å². The number of benzene rings is 1. The number of hydrogen-bond acceptors (Lipinski definition) is 3. The van der Waals surface area contributed by atoms with Crippen molar-refractivity contribution in [3.05, 3.63) is 34.3 Å². The summed E-state index contributed by atoms with van der Waals surface area (Å²) in [6.07, 6.45) is 0. The van der Waals surface area contributed by atoms with Crippen LogP contribution in [0.1, 0.15) is 25.5 Å². The van der Waals surface area contributed by atoms with E-state index in [9.17, 15) is 4.79 Å². The van der Waals surface area contributed by atoms with Gasteiger partial charge in [-0.25, -0.2) is 0 Å². The monoisotopic (exact) mass is 328 g/mol. The molecule has 19 heavy (non-hydrogen) atoms. The smallest absolute Gasteiger partial charge is 0.234 e. The lowest BCUT2D eigenvalue weighted by Crippen LogP contribution is -2.41. The molecule has 1 amide bonds. The minimum Gasteiger partial charge on any atom is -0.383 e. The summed E-state index contributed by atoms with van der Waals surface area (Å²) in [4.78, 5) is 11.7. The van der Waals surface area contributed by atoms with E-state index in [1.165, 1.54) is 0 Å². The van der Waals surface area contributed by atoms with Crippen LogP contribution in [0.25, 0.3) is 0 Å². The third-order valence-corrected chi connectivity index (χ3v) is 3.49. The molecule has 0 bridgehead atoms. The van der Waals surface area contributed by atoms with Crippen LogP contribution in [0.2, 0.25) is 0 Å². The standard InChI is InChI=1S/C14H21BrN2O2/c1-10(9-19-3)17-14(18)8-16-11(2)12-6-4-5-7-13(12)15/h4-7,10-11,16H,8-9H2,1-3H3,(H,17,18)/t10?,11-/m0/s1. The van der Waals surface area contributed by atoms with E-state index in [0.29, 0.717) is 6.61 Å². The van der Waals surface area contributed by atoms with Crippen LogP contribution in [0.4, 0.5) is 0 Å². The zero-order chi connectivity index (χ0) is 14.3. The van der Waals surface area contributed by atoms with Crippen LogP contribution in [0, 0.1) is 0 Å². The molecule has 1 aromatic carbocycles. The van der Waals surface area contributed by atoms with Gasteiger partial charge in [-0.05, 0) is 25.5 Å². The van der Waals surface area contributed by atoms with Gasteiger partial charge in [-0.1, -0.05) is 34.1 Å². The number of halogens is 1. The topological polar surface area (TPSA) is 50.4 Å². The number of methoxy groups -OCH3 is 1. The van der Waals surface area contributed by atoms with Gasteiger partial charge in [0.25, 0.3) is 0 Å². The highest BCUT2D eigenvalue weighted by Crippen LogP contribution is 2.22. The number of amides is 1. The van der Waals surface area contributed by atoms with Gasteiger partial charge in [-0.2, -0.15) is 0 Å². The SMILES string of the molecule is COCC(C)NC(=O)CN[C@@H](C)c1ccccc1Br. The van der Waals surface area contributed by atoms with Crippen molar-refractivity contribution in [2.75, 3.05) is 20.3 Å². The van der Waals surface area contributed by atoms with E-state index in [1.807, 2.05) is 38.1 Å². The average Bonchev–Trinajstić information content (AvgIpc) is 2.36. The molecule has 106 valence electrons. The Morgan fingerprint density at radius 2 is 2.05 bits per heavy atom. The van der Waals surface area contributed by atoms with Gasteiger partial charge in [-0.3, -0.25) is 4.79 Å². The first kappa shape index (κ1) is 16.1. The summed E-state index contributed by atoms with van der Waals surface area (Å²) in [5.41, 5.74) is 1.14. The molecular formula is C14H21BrN2O2. The van der Waals surface area contributed by atoms with Crippen LogP contribution in [0.15, 0.2) is 28.7 Å². The Bertz CT molecular complexity index is 412. The van der Waals surface area contributed by atoms with E-state index in [2.05, 4.69) is 26.6 Å². The number of hydrogen-bond donors (Lipinski definition) is 2. The molecule has 0 heterocycles. The molecule has 5 heteroatoms. The molecule has 0 spiro atoms. The van der Waals surface area contributed by atoms with Gasteiger partial charge in [0, 0.05) is 23.7 Å². The summed E-state index contributed by atoms with van der Waals surface area (Å²) in [5, 5.41) is 6.07. The molecule has 0 radical (unpaired) electrons. The predicted octanol–water partition coefficient (Wildman–Crippen LogP) is 2.25. The van der Waals surface area contributed by atoms with E-state index in [1.54, 1.807) is 7.11 Å². The van der Waals surface area contributed by atoms with Crippen LogP contribution in [-0.2, 0) is 9.53 Å². The lowest BCUT2D eigenvalue weighted by Gasteiger charge is -2.17. The Morgan fingerprint density at radius 3 is 2.68 bits per heavy atom. The Balaban J connectivity index is 2.40. The second-order valence-corrected chi connectivity index (χ2v) is 5.40. The van der Waals surface area contributed by atoms with Gasteiger partial charge in [-0.15, -0.1) is 0 Å². The Labute approximate surface area is 123 Å². The quantitative estimate of drug-likeness (QED) is 0.807. The molecule has 2 N–H and O–H groups in total. The fourth-order valence-corrected chi connectivity index (χ4v) is 2.43. The number of carbonyl (C=O) groups excluding carboxylic acids is 1. The minimum atomic E-state index is -0.0246. The molecule has 4 nitrogen and oxygen atoms in total. The fourth-order valence-electron chi connectivity index (χ4n) is 1.80. The molecule has 0 saturated heterocycles.